The van der Waals surface area contributed by atoms with Gasteiger partial charge < -0.3 is 0 Å². The highest BCUT2D eigenvalue weighted by atomic mass is 14.4. The first-order chi connectivity index (χ1) is 5.38. The number of rotatable bonds is 1. The molecule has 2 rings (SSSR count). The fraction of sp³-hybridized carbons (Fsp3) is 0.909. The third kappa shape index (κ3) is 1.77. The Morgan fingerprint density at radius 1 is 1.00 bits per heavy atom. The summed E-state index contributed by atoms with van der Waals surface area (Å²) in [6.07, 6.45) is 10.4. The van der Waals surface area contributed by atoms with Crippen LogP contribution in [0, 0.1) is 17.8 Å². The van der Waals surface area contributed by atoms with Gasteiger partial charge in [-0.15, -0.1) is 0 Å². The summed E-state index contributed by atoms with van der Waals surface area (Å²) in [5.41, 5.74) is 0. The molecule has 63 valence electrons. The molecule has 0 saturated heterocycles. The van der Waals surface area contributed by atoms with E-state index < -0.39 is 0 Å². The SMILES string of the molecule is CC1CCCCC[C]1C1CC1. The maximum absolute atomic E-state index is 2.44. The first-order valence-electron chi connectivity index (χ1n) is 5.23. The summed E-state index contributed by atoms with van der Waals surface area (Å²) in [6.45, 7) is 2.44. The number of hydrogen-bond acceptors (Lipinski definition) is 0. The Morgan fingerprint density at radius 3 is 2.55 bits per heavy atom. The highest BCUT2D eigenvalue weighted by Crippen LogP contribution is 2.47. The molecule has 0 N–H and O–H groups in total. The molecule has 0 aliphatic heterocycles. The van der Waals surface area contributed by atoms with Gasteiger partial charge in [0.05, 0.1) is 0 Å². The van der Waals surface area contributed by atoms with Crippen LogP contribution in [0.1, 0.15) is 51.9 Å². The van der Waals surface area contributed by atoms with Crippen molar-refractivity contribution in [1.82, 2.24) is 0 Å². The van der Waals surface area contributed by atoms with Crippen LogP contribution in [-0.4, -0.2) is 0 Å². The molecule has 0 aromatic rings. The Labute approximate surface area is 70.4 Å². The molecular weight excluding hydrogens is 132 g/mol. The van der Waals surface area contributed by atoms with Gasteiger partial charge in [-0.25, -0.2) is 0 Å². The van der Waals surface area contributed by atoms with Gasteiger partial charge in [-0.3, -0.25) is 0 Å². The molecule has 2 saturated carbocycles. The molecule has 0 heteroatoms. The van der Waals surface area contributed by atoms with Gasteiger partial charge in [-0.1, -0.05) is 32.6 Å². The fourth-order valence-corrected chi connectivity index (χ4v) is 2.45. The van der Waals surface area contributed by atoms with Gasteiger partial charge in [-0.2, -0.15) is 0 Å². The van der Waals surface area contributed by atoms with E-state index in [9.17, 15) is 0 Å². The zero-order valence-electron chi connectivity index (χ0n) is 7.60. The van der Waals surface area contributed by atoms with Crippen LogP contribution in [0.3, 0.4) is 0 Å². The summed E-state index contributed by atoms with van der Waals surface area (Å²) in [7, 11) is 0. The standard InChI is InChI=1S/C11H19/c1-9-5-3-2-4-6-11(9)10-7-8-10/h9-10H,2-8H2,1H3. The second-order valence-electron chi connectivity index (χ2n) is 4.35. The minimum atomic E-state index is 0.963. The topological polar surface area (TPSA) is 0 Å². The summed E-state index contributed by atoms with van der Waals surface area (Å²) in [4.78, 5) is 0. The summed E-state index contributed by atoms with van der Waals surface area (Å²) < 4.78 is 0. The number of hydrogen-bond donors (Lipinski definition) is 0. The van der Waals surface area contributed by atoms with Crippen LogP contribution in [0.4, 0.5) is 0 Å². The minimum Gasteiger partial charge on any atom is -0.0619 e. The van der Waals surface area contributed by atoms with Gasteiger partial charge in [0.1, 0.15) is 0 Å². The molecule has 2 aliphatic rings. The molecule has 11 heavy (non-hydrogen) atoms. The lowest BCUT2D eigenvalue weighted by Crippen LogP contribution is -2.09. The van der Waals surface area contributed by atoms with E-state index in [2.05, 4.69) is 6.92 Å². The van der Waals surface area contributed by atoms with Crippen molar-refractivity contribution in [1.29, 1.82) is 0 Å². The molecule has 0 heterocycles. The summed E-state index contributed by atoms with van der Waals surface area (Å²) in [5.74, 6) is 3.97. The van der Waals surface area contributed by atoms with Crippen LogP contribution in [0.25, 0.3) is 0 Å². The van der Waals surface area contributed by atoms with Gasteiger partial charge in [-0.05, 0) is 37.0 Å². The molecular formula is C11H19. The molecule has 1 atom stereocenters. The molecule has 1 unspecified atom stereocenters. The normalized spacial score (nSPS) is 35.2. The minimum absolute atomic E-state index is 0.963. The maximum Gasteiger partial charge on any atom is -0.0182 e. The summed E-state index contributed by atoms with van der Waals surface area (Å²) in [6, 6.07) is 0. The van der Waals surface area contributed by atoms with E-state index in [-0.39, 0.29) is 0 Å². The lowest BCUT2D eigenvalue weighted by atomic mass is 9.86. The molecule has 2 aliphatic carbocycles. The largest absolute Gasteiger partial charge is 0.0619 e. The lowest BCUT2D eigenvalue weighted by molar-refractivity contribution is 0.496. The van der Waals surface area contributed by atoms with E-state index in [1.807, 2.05) is 5.92 Å². The van der Waals surface area contributed by atoms with Gasteiger partial charge in [0.15, 0.2) is 0 Å². The third-order valence-electron chi connectivity index (χ3n) is 3.34. The maximum atomic E-state index is 2.44. The second kappa shape index (κ2) is 3.16. The van der Waals surface area contributed by atoms with Crippen molar-refractivity contribution in [3.8, 4) is 0 Å². The van der Waals surface area contributed by atoms with E-state index in [0.29, 0.717) is 0 Å². The Balaban J connectivity index is 1.91. The predicted molar refractivity (Wildman–Crippen MR) is 48.2 cm³/mol. The summed E-state index contributed by atoms with van der Waals surface area (Å²) >= 11 is 0. The van der Waals surface area contributed by atoms with Crippen LogP contribution in [0.5, 0.6) is 0 Å². The monoisotopic (exact) mass is 151 g/mol. The third-order valence-corrected chi connectivity index (χ3v) is 3.34. The molecule has 0 aromatic carbocycles. The van der Waals surface area contributed by atoms with Gasteiger partial charge in [0, 0.05) is 0 Å². The van der Waals surface area contributed by atoms with Gasteiger partial charge in [0.25, 0.3) is 0 Å². The van der Waals surface area contributed by atoms with Crippen molar-refractivity contribution in [2.75, 3.05) is 0 Å². The van der Waals surface area contributed by atoms with E-state index in [1.54, 1.807) is 0 Å². The van der Waals surface area contributed by atoms with Crippen molar-refractivity contribution in [3.63, 3.8) is 0 Å². The van der Waals surface area contributed by atoms with Crippen molar-refractivity contribution < 1.29 is 0 Å². The predicted octanol–water partition coefficient (Wildman–Crippen LogP) is 3.57. The second-order valence-corrected chi connectivity index (χ2v) is 4.35. The van der Waals surface area contributed by atoms with Crippen LogP contribution < -0.4 is 0 Å². The van der Waals surface area contributed by atoms with Crippen molar-refractivity contribution >= 4 is 0 Å². The summed E-state index contributed by atoms with van der Waals surface area (Å²) in [5, 5.41) is 0. The average Bonchev–Trinajstić information content (AvgIpc) is 2.74. The van der Waals surface area contributed by atoms with Crippen molar-refractivity contribution in [2.45, 2.75) is 51.9 Å². The Morgan fingerprint density at radius 2 is 1.82 bits per heavy atom. The lowest BCUT2D eigenvalue weighted by Gasteiger charge is -2.19. The molecule has 2 fully saturated rings. The average molecular weight is 151 g/mol. The quantitative estimate of drug-likeness (QED) is 0.502. The van der Waals surface area contributed by atoms with Gasteiger partial charge >= 0.3 is 0 Å². The van der Waals surface area contributed by atoms with Crippen molar-refractivity contribution in [3.05, 3.63) is 5.92 Å². The highest BCUT2D eigenvalue weighted by molar-refractivity contribution is 5.07. The van der Waals surface area contributed by atoms with Gasteiger partial charge in [0.2, 0.25) is 0 Å². The smallest absolute Gasteiger partial charge is 0.0182 e. The fourth-order valence-electron chi connectivity index (χ4n) is 2.45. The van der Waals surface area contributed by atoms with E-state index in [4.69, 9.17) is 0 Å². The van der Waals surface area contributed by atoms with E-state index in [1.165, 1.54) is 44.9 Å². The zero-order valence-corrected chi connectivity index (χ0v) is 7.60. The Kier molecular flexibility index (Phi) is 2.20. The van der Waals surface area contributed by atoms with Crippen LogP contribution >= 0.6 is 0 Å². The zero-order chi connectivity index (χ0) is 7.68. The molecule has 0 spiro atoms. The van der Waals surface area contributed by atoms with Crippen LogP contribution in [-0.2, 0) is 0 Å². The van der Waals surface area contributed by atoms with Crippen LogP contribution in [0.15, 0.2) is 0 Å². The molecule has 1 radical (unpaired) electrons. The molecule has 0 amide bonds. The van der Waals surface area contributed by atoms with Crippen LogP contribution in [0.2, 0.25) is 0 Å². The first kappa shape index (κ1) is 7.64. The molecule has 0 bridgehead atoms. The Bertz CT molecular complexity index is 124. The molecule has 0 aromatic heterocycles. The van der Waals surface area contributed by atoms with E-state index >= 15 is 0 Å². The van der Waals surface area contributed by atoms with E-state index in [0.717, 1.165) is 11.8 Å². The molecule has 0 nitrogen and oxygen atoms in total. The highest BCUT2D eigenvalue weighted by Gasteiger charge is 2.35. The Hall–Kier alpha value is 0. The first-order valence-corrected chi connectivity index (χ1v) is 5.23. The van der Waals surface area contributed by atoms with Crippen molar-refractivity contribution in [2.24, 2.45) is 11.8 Å².